The Hall–Kier alpha value is -0.580. The van der Waals surface area contributed by atoms with E-state index in [-0.39, 0.29) is 6.61 Å². The second-order valence-electron chi connectivity index (χ2n) is 4.38. The number of rotatable bonds is 6. The summed E-state index contributed by atoms with van der Waals surface area (Å²) in [5, 5.41) is 9.09. The van der Waals surface area contributed by atoms with Gasteiger partial charge in [-0.3, -0.25) is 4.90 Å². The van der Waals surface area contributed by atoms with Crippen molar-refractivity contribution in [2.24, 2.45) is 0 Å². The number of aliphatic hydroxyl groups excluding tert-OH is 1. The summed E-state index contributed by atoms with van der Waals surface area (Å²) in [4.78, 5) is 2.32. The summed E-state index contributed by atoms with van der Waals surface area (Å²) in [6.07, 6.45) is 2.49. The standard InChI is InChI=1S/C13H18BrNO2/c1-17-13-5-2-11(14)8-10(13)9-15(6-7-16)12-3-4-12/h2,5,8,12,16H,3-4,6-7,9H2,1H3. The van der Waals surface area contributed by atoms with E-state index < -0.39 is 0 Å². The van der Waals surface area contributed by atoms with E-state index in [0.29, 0.717) is 6.04 Å². The number of nitrogens with zero attached hydrogens (tertiary/aromatic N) is 1. The number of halogens is 1. The van der Waals surface area contributed by atoms with Crippen LogP contribution in [-0.4, -0.2) is 36.3 Å². The monoisotopic (exact) mass is 299 g/mol. The average Bonchev–Trinajstić information content (AvgIpc) is 3.13. The van der Waals surface area contributed by atoms with Crippen molar-refractivity contribution in [2.45, 2.75) is 25.4 Å². The van der Waals surface area contributed by atoms with Crippen LogP contribution in [0.3, 0.4) is 0 Å². The van der Waals surface area contributed by atoms with Gasteiger partial charge in [0.25, 0.3) is 0 Å². The van der Waals surface area contributed by atoms with E-state index in [2.05, 4.69) is 26.9 Å². The lowest BCUT2D eigenvalue weighted by Gasteiger charge is -2.22. The van der Waals surface area contributed by atoms with Gasteiger partial charge in [-0.05, 0) is 31.0 Å². The van der Waals surface area contributed by atoms with Crippen LogP contribution in [-0.2, 0) is 6.54 Å². The van der Waals surface area contributed by atoms with Crippen molar-refractivity contribution in [2.75, 3.05) is 20.3 Å². The summed E-state index contributed by atoms with van der Waals surface area (Å²) in [7, 11) is 1.69. The molecular formula is C13H18BrNO2. The van der Waals surface area contributed by atoms with Gasteiger partial charge >= 0.3 is 0 Å². The van der Waals surface area contributed by atoms with Gasteiger partial charge in [-0.25, -0.2) is 0 Å². The third-order valence-electron chi connectivity index (χ3n) is 3.07. The Morgan fingerprint density at radius 2 is 2.24 bits per heavy atom. The fourth-order valence-corrected chi connectivity index (χ4v) is 2.46. The summed E-state index contributed by atoms with van der Waals surface area (Å²) < 4.78 is 6.43. The van der Waals surface area contributed by atoms with Gasteiger partial charge in [0.2, 0.25) is 0 Å². The van der Waals surface area contributed by atoms with E-state index in [1.165, 1.54) is 18.4 Å². The predicted molar refractivity (Wildman–Crippen MR) is 71.2 cm³/mol. The molecule has 0 atom stereocenters. The van der Waals surface area contributed by atoms with E-state index in [1.54, 1.807) is 7.11 Å². The molecule has 0 saturated heterocycles. The molecular weight excluding hydrogens is 282 g/mol. The zero-order valence-electron chi connectivity index (χ0n) is 10.0. The quantitative estimate of drug-likeness (QED) is 0.876. The van der Waals surface area contributed by atoms with E-state index in [9.17, 15) is 0 Å². The molecule has 0 heterocycles. The Labute approximate surface area is 111 Å². The number of ether oxygens (including phenoxy) is 1. The molecule has 1 aliphatic carbocycles. The summed E-state index contributed by atoms with van der Waals surface area (Å²) >= 11 is 3.48. The maximum atomic E-state index is 9.09. The Kier molecular flexibility index (Phi) is 4.42. The highest BCUT2D eigenvalue weighted by atomic mass is 79.9. The minimum atomic E-state index is 0.215. The lowest BCUT2D eigenvalue weighted by atomic mass is 10.2. The summed E-state index contributed by atoms with van der Waals surface area (Å²) in [5.41, 5.74) is 1.17. The minimum Gasteiger partial charge on any atom is -0.496 e. The van der Waals surface area contributed by atoms with Crippen molar-refractivity contribution in [1.29, 1.82) is 0 Å². The van der Waals surface area contributed by atoms with Crippen molar-refractivity contribution in [1.82, 2.24) is 4.90 Å². The van der Waals surface area contributed by atoms with Gasteiger partial charge in [0.15, 0.2) is 0 Å². The smallest absolute Gasteiger partial charge is 0.123 e. The number of hydrogen-bond acceptors (Lipinski definition) is 3. The molecule has 3 nitrogen and oxygen atoms in total. The molecule has 2 rings (SSSR count). The second-order valence-corrected chi connectivity index (χ2v) is 5.30. The Bertz CT molecular complexity index is 380. The topological polar surface area (TPSA) is 32.7 Å². The van der Waals surface area contributed by atoms with Crippen LogP contribution in [0.5, 0.6) is 5.75 Å². The van der Waals surface area contributed by atoms with E-state index >= 15 is 0 Å². The highest BCUT2D eigenvalue weighted by molar-refractivity contribution is 9.10. The Morgan fingerprint density at radius 3 is 2.82 bits per heavy atom. The molecule has 0 aliphatic heterocycles. The molecule has 0 unspecified atom stereocenters. The first-order chi connectivity index (χ1) is 8.24. The summed E-state index contributed by atoms with van der Waals surface area (Å²) in [6, 6.07) is 6.69. The molecule has 0 aromatic heterocycles. The van der Waals surface area contributed by atoms with Crippen LogP contribution < -0.4 is 4.74 Å². The third-order valence-corrected chi connectivity index (χ3v) is 3.56. The Balaban J connectivity index is 2.11. The van der Waals surface area contributed by atoms with Gasteiger partial charge in [0, 0.05) is 29.2 Å². The molecule has 1 aromatic carbocycles. The van der Waals surface area contributed by atoms with Gasteiger partial charge in [-0.1, -0.05) is 15.9 Å². The second kappa shape index (κ2) is 5.85. The molecule has 0 spiro atoms. The van der Waals surface area contributed by atoms with Crippen LogP contribution in [0, 0.1) is 0 Å². The van der Waals surface area contributed by atoms with Crippen LogP contribution in [0.15, 0.2) is 22.7 Å². The maximum Gasteiger partial charge on any atom is 0.123 e. The molecule has 17 heavy (non-hydrogen) atoms. The Morgan fingerprint density at radius 1 is 1.47 bits per heavy atom. The van der Waals surface area contributed by atoms with Gasteiger partial charge < -0.3 is 9.84 Å². The van der Waals surface area contributed by atoms with E-state index in [1.807, 2.05) is 12.1 Å². The first kappa shape index (κ1) is 12.9. The maximum absolute atomic E-state index is 9.09. The molecule has 1 aromatic rings. The largest absolute Gasteiger partial charge is 0.496 e. The van der Waals surface area contributed by atoms with E-state index in [4.69, 9.17) is 9.84 Å². The average molecular weight is 300 g/mol. The zero-order chi connectivity index (χ0) is 12.3. The summed E-state index contributed by atoms with van der Waals surface area (Å²) in [6.45, 7) is 1.79. The molecule has 1 aliphatic rings. The fourth-order valence-electron chi connectivity index (χ4n) is 2.05. The molecule has 0 bridgehead atoms. The lowest BCUT2D eigenvalue weighted by Crippen LogP contribution is -2.28. The highest BCUT2D eigenvalue weighted by Crippen LogP contribution is 2.31. The molecule has 0 amide bonds. The molecule has 1 fully saturated rings. The molecule has 1 saturated carbocycles. The number of methoxy groups -OCH3 is 1. The fraction of sp³-hybridized carbons (Fsp3) is 0.538. The van der Waals surface area contributed by atoms with Crippen molar-refractivity contribution < 1.29 is 9.84 Å². The zero-order valence-corrected chi connectivity index (χ0v) is 11.6. The van der Waals surface area contributed by atoms with Crippen LogP contribution in [0.1, 0.15) is 18.4 Å². The highest BCUT2D eigenvalue weighted by Gasteiger charge is 2.28. The summed E-state index contributed by atoms with van der Waals surface area (Å²) in [5.74, 6) is 0.914. The van der Waals surface area contributed by atoms with Gasteiger partial charge in [0.1, 0.15) is 5.75 Å². The third kappa shape index (κ3) is 3.44. The van der Waals surface area contributed by atoms with Crippen molar-refractivity contribution >= 4 is 15.9 Å². The first-order valence-electron chi connectivity index (χ1n) is 5.92. The van der Waals surface area contributed by atoms with E-state index in [0.717, 1.165) is 23.3 Å². The molecule has 1 N–H and O–H groups in total. The minimum absolute atomic E-state index is 0.215. The predicted octanol–water partition coefficient (Wildman–Crippen LogP) is 2.41. The first-order valence-corrected chi connectivity index (χ1v) is 6.71. The van der Waals surface area contributed by atoms with Gasteiger partial charge in [0.05, 0.1) is 13.7 Å². The normalized spacial score (nSPS) is 15.3. The molecule has 0 radical (unpaired) electrons. The molecule has 4 heteroatoms. The van der Waals surface area contributed by atoms with Crippen molar-refractivity contribution in [3.63, 3.8) is 0 Å². The van der Waals surface area contributed by atoms with Crippen LogP contribution >= 0.6 is 15.9 Å². The van der Waals surface area contributed by atoms with Crippen LogP contribution in [0.4, 0.5) is 0 Å². The number of aliphatic hydroxyl groups is 1. The van der Waals surface area contributed by atoms with Crippen molar-refractivity contribution in [3.8, 4) is 5.75 Å². The SMILES string of the molecule is COc1ccc(Br)cc1CN(CCO)C1CC1. The molecule has 94 valence electrons. The van der Waals surface area contributed by atoms with Crippen LogP contribution in [0.25, 0.3) is 0 Å². The van der Waals surface area contributed by atoms with Crippen molar-refractivity contribution in [3.05, 3.63) is 28.2 Å². The van der Waals surface area contributed by atoms with Crippen LogP contribution in [0.2, 0.25) is 0 Å². The van der Waals surface area contributed by atoms with Gasteiger partial charge in [-0.2, -0.15) is 0 Å². The number of hydrogen-bond donors (Lipinski definition) is 1. The number of benzene rings is 1. The van der Waals surface area contributed by atoms with Gasteiger partial charge in [-0.15, -0.1) is 0 Å². The lowest BCUT2D eigenvalue weighted by molar-refractivity contribution is 0.182.